The van der Waals surface area contributed by atoms with Crippen LogP contribution in [0, 0.1) is 5.92 Å². The minimum Gasteiger partial charge on any atom is -0.348 e. The Morgan fingerprint density at radius 3 is 1.64 bits per heavy atom. The number of rotatable bonds is 7. The second-order valence-corrected chi connectivity index (χ2v) is 6.01. The molecular weight excluding hydrogens is 272 g/mol. The van der Waals surface area contributed by atoms with Gasteiger partial charge in [0.1, 0.15) is 0 Å². The predicted molar refractivity (Wildman–Crippen MR) is 88.2 cm³/mol. The third kappa shape index (κ3) is 4.43. The summed E-state index contributed by atoms with van der Waals surface area (Å²) >= 11 is 0. The fourth-order valence-electron chi connectivity index (χ4n) is 3.06. The Kier molecular flexibility index (Phi) is 5.63. The van der Waals surface area contributed by atoms with E-state index in [0.29, 0.717) is 19.1 Å². The molecule has 0 bridgehead atoms. The summed E-state index contributed by atoms with van der Waals surface area (Å²) in [5, 5.41) is 0. The van der Waals surface area contributed by atoms with Gasteiger partial charge in [-0.25, -0.2) is 0 Å². The minimum atomic E-state index is -0.0945. The van der Waals surface area contributed by atoms with Crippen molar-refractivity contribution in [2.75, 3.05) is 0 Å². The average molecular weight is 296 g/mol. The molecule has 2 nitrogen and oxygen atoms in total. The van der Waals surface area contributed by atoms with Gasteiger partial charge in [-0.2, -0.15) is 0 Å². The average Bonchev–Trinajstić information content (AvgIpc) is 3.11. The zero-order chi connectivity index (χ0) is 15.0. The molecular formula is C20H24O2. The van der Waals surface area contributed by atoms with Crippen LogP contribution in [0.5, 0.6) is 0 Å². The first-order chi connectivity index (χ1) is 10.9. The molecule has 1 fully saturated rings. The third-order valence-corrected chi connectivity index (χ3v) is 4.30. The minimum absolute atomic E-state index is 0.0945. The van der Waals surface area contributed by atoms with Crippen LogP contribution in [0.1, 0.15) is 36.8 Å². The first kappa shape index (κ1) is 15.3. The van der Waals surface area contributed by atoms with Gasteiger partial charge in [0.25, 0.3) is 0 Å². The first-order valence-electron chi connectivity index (χ1n) is 8.23. The van der Waals surface area contributed by atoms with Crippen LogP contribution in [0.2, 0.25) is 0 Å². The van der Waals surface area contributed by atoms with Gasteiger partial charge in [-0.15, -0.1) is 0 Å². The number of hydrogen-bond acceptors (Lipinski definition) is 2. The van der Waals surface area contributed by atoms with Crippen molar-refractivity contribution in [2.24, 2.45) is 5.92 Å². The molecule has 0 aromatic heterocycles. The summed E-state index contributed by atoms with van der Waals surface area (Å²) in [7, 11) is 0. The molecule has 0 aliphatic heterocycles. The molecule has 0 amide bonds. The number of hydrogen-bond donors (Lipinski definition) is 0. The van der Waals surface area contributed by atoms with E-state index in [4.69, 9.17) is 9.47 Å². The van der Waals surface area contributed by atoms with Crippen LogP contribution in [0.15, 0.2) is 60.7 Å². The molecule has 3 rings (SSSR count). The van der Waals surface area contributed by atoms with Crippen LogP contribution in [0.3, 0.4) is 0 Å². The van der Waals surface area contributed by atoms with Gasteiger partial charge in [0.2, 0.25) is 0 Å². The van der Waals surface area contributed by atoms with Crippen molar-refractivity contribution in [1.82, 2.24) is 0 Å². The fourth-order valence-corrected chi connectivity index (χ4v) is 3.06. The zero-order valence-electron chi connectivity index (χ0n) is 13.0. The van der Waals surface area contributed by atoms with E-state index in [1.807, 2.05) is 36.4 Å². The topological polar surface area (TPSA) is 18.5 Å². The third-order valence-electron chi connectivity index (χ3n) is 4.30. The van der Waals surface area contributed by atoms with Crippen LogP contribution in [0.4, 0.5) is 0 Å². The highest BCUT2D eigenvalue weighted by atomic mass is 16.7. The van der Waals surface area contributed by atoms with Crippen LogP contribution in [0.25, 0.3) is 0 Å². The highest BCUT2D eigenvalue weighted by Gasteiger charge is 2.26. The Morgan fingerprint density at radius 1 is 0.727 bits per heavy atom. The smallest absolute Gasteiger partial charge is 0.161 e. The lowest BCUT2D eigenvalue weighted by atomic mass is 10.1. The Bertz CT molecular complexity index is 489. The highest BCUT2D eigenvalue weighted by molar-refractivity contribution is 5.14. The van der Waals surface area contributed by atoms with E-state index >= 15 is 0 Å². The normalized spacial score (nSPS) is 15.5. The molecule has 0 atom stereocenters. The molecule has 0 N–H and O–H groups in total. The van der Waals surface area contributed by atoms with Gasteiger partial charge in [-0.05, 0) is 24.0 Å². The Balaban J connectivity index is 1.57. The van der Waals surface area contributed by atoms with Crippen LogP contribution in [-0.2, 0) is 22.7 Å². The van der Waals surface area contributed by atoms with Crippen molar-refractivity contribution >= 4 is 0 Å². The molecule has 2 heteroatoms. The van der Waals surface area contributed by atoms with Crippen molar-refractivity contribution < 1.29 is 9.47 Å². The molecule has 2 aromatic carbocycles. The lowest BCUT2D eigenvalue weighted by Gasteiger charge is -2.24. The van der Waals surface area contributed by atoms with Gasteiger partial charge in [0.15, 0.2) is 6.29 Å². The summed E-state index contributed by atoms with van der Waals surface area (Å²) in [5.74, 6) is 0.535. The predicted octanol–water partition coefficient (Wildman–Crippen LogP) is 4.94. The lowest BCUT2D eigenvalue weighted by Crippen LogP contribution is -2.25. The molecule has 0 heterocycles. The quantitative estimate of drug-likeness (QED) is 0.674. The second-order valence-electron chi connectivity index (χ2n) is 6.01. The summed E-state index contributed by atoms with van der Waals surface area (Å²) in [5.41, 5.74) is 2.41. The first-order valence-corrected chi connectivity index (χ1v) is 8.23. The molecule has 0 unspecified atom stereocenters. The van der Waals surface area contributed by atoms with E-state index in [2.05, 4.69) is 24.3 Å². The Hall–Kier alpha value is -1.64. The van der Waals surface area contributed by atoms with Gasteiger partial charge >= 0.3 is 0 Å². The van der Waals surface area contributed by atoms with E-state index in [-0.39, 0.29) is 6.29 Å². The largest absolute Gasteiger partial charge is 0.348 e. The van der Waals surface area contributed by atoms with Gasteiger partial charge < -0.3 is 9.47 Å². The molecule has 0 saturated heterocycles. The molecule has 116 valence electrons. The van der Waals surface area contributed by atoms with E-state index in [9.17, 15) is 0 Å². The van der Waals surface area contributed by atoms with Crippen molar-refractivity contribution in [3.05, 3.63) is 71.8 Å². The summed E-state index contributed by atoms with van der Waals surface area (Å²) in [4.78, 5) is 0. The maximum Gasteiger partial charge on any atom is 0.161 e. The van der Waals surface area contributed by atoms with E-state index in [0.717, 1.165) is 0 Å². The molecule has 22 heavy (non-hydrogen) atoms. The Labute approximate surface area is 133 Å². The SMILES string of the molecule is c1ccc(COC(OCc2ccccc2)C2CCCC2)cc1. The maximum atomic E-state index is 6.11. The summed E-state index contributed by atoms with van der Waals surface area (Å²) in [6.45, 7) is 1.24. The van der Waals surface area contributed by atoms with Crippen molar-refractivity contribution in [3.63, 3.8) is 0 Å². The van der Waals surface area contributed by atoms with Gasteiger partial charge in [-0.1, -0.05) is 73.5 Å². The van der Waals surface area contributed by atoms with Gasteiger partial charge in [0, 0.05) is 5.92 Å². The number of ether oxygens (including phenoxy) is 2. The molecule has 2 aromatic rings. The van der Waals surface area contributed by atoms with Crippen LogP contribution < -0.4 is 0 Å². The van der Waals surface area contributed by atoms with E-state index < -0.39 is 0 Å². The zero-order valence-corrected chi connectivity index (χ0v) is 13.0. The lowest BCUT2D eigenvalue weighted by molar-refractivity contribution is -0.184. The summed E-state index contributed by atoms with van der Waals surface area (Å²) in [6, 6.07) is 20.7. The van der Waals surface area contributed by atoms with Crippen molar-refractivity contribution in [1.29, 1.82) is 0 Å². The maximum absolute atomic E-state index is 6.11. The summed E-state index contributed by atoms with van der Waals surface area (Å²) in [6.07, 6.45) is 4.93. The van der Waals surface area contributed by atoms with Gasteiger partial charge in [-0.3, -0.25) is 0 Å². The Morgan fingerprint density at radius 2 is 1.18 bits per heavy atom. The van der Waals surface area contributed by atoms with E-state index in [1.165, 1.54) is 36.8 Å². The van der Waals surface area contributed by atoms with Crippen molar-refractivity contribution in [2.45, 2.75) is 45.2 Å². The van der Waals surface area contributed by atoms with Gasteiger partial charge in [0.05, 0.1) is 13.2 Å². The molecule has 1 saturated carbocycles. The summed E-state index contributed by atoms with van der Waals surface area (Å²) < 4.78 is 12.2. The monoisotopic (exact) mass is 296 g/mol. The second kappa shape index (κ2) is 8.11. The molecule has 0 spiro atoms. The van der Waals surface area contributed by atoms with Crippen LogP contribution in [-0.4, -0.2) is 6.29 Å². The molecule has 1 aliphatic rings. The van der Waals surface area contributed by atoms with E-state index in [1.54, 1.807) is 0 Å². The molecule has 1 aliphatic carbocycles. The standard InChI is InChI=1S/C20H24O2/c1-3-9-17(10-4-1)15-21-20(19-13-7-8-14-19)22-16-18-11-5-2-6-12-18/h1-6,9-12,19-20H,7-8,13-16H2. The molecule has 0 radical (unpaired) electrons. The van der Waals surface area contributed by atoms with Crippen LogP contribution >= 0.6 is 0 Å². The highest BCUT2D eigenvalue weighted by Crippen LogP contribution is 2.30. The number of benzene rings is 2. The van der Waals surface area contributed by atoms with Crippen molar-refractivity contribution in [3.8, 4) is 0 Å². The fraction of sp³-hybridized carbons (Fsp3) is 0.400.